The van der Waals surface area contributed by atoms with Crippen LogP contribution in [0.15, 0.2) is 6.33 Å². The first-order valence-electron chi connectivity index (χ1n) is 7.72. The lowest BCUT2D eigenvalue weighted by molar-refractivity contribution is -0.0511. The van der Waals surface area contributed by atoms with Crippen molar-refractivity contribution in [2.24, 2.45) is 5.84 Å². The Kier molecular flexibility index (Phi) is 3.73. The molecule has 1 saturated heterocycles. The molecule has 2 aromatic heterocycles. The molecule has 0 unspecified atom stereocenters. The van der Waals surface area contributed by atoms with Crippen molar-refractivity contribution in [3.05, 3.63) is 6.33 Å². The van der Waals surface area contributed by atoms with Gasteiger partial charge in [-0.05, 0) is 12.8 Å². The van der Waals surface area contributed by atoms with Gasteiger partial charge in [-0.15, -0.1) is 0 Å². The minimum absolute atomic E-state index is 0.194. The van der Waals surface area contributed by atoms with Gasteiger partial charge in [0.15, 0.2) is 23.2 Å². The van der Waals surface area contributed by atoms with Gasteiger partial charge in [0.1, 0.15) is 18.3 Å². The van der Waals surface area contributed by atoms with E-state index in [-0.39, 0.29) is 5.95 Å². The van der Waals surface area contributed by atoms with E-state index in [1.54, 1.807) is 0 Å². The molecular weight excluding hydrogens is 318 g/mol. The van der Waals surface area contributed by atoms with E-state index in [4.69, 9.17) is 10.6 Å². The second-order valence-electron chi connectivity index (χ2n) is 6.01. The van der Waals surface area contributed by atoms with E-state index in [9.17, 15) is 15.3 Å². The average molecular weight is 337 g/mol. The molecule has 2 fully saturated rings. The smallest absolute Gasteiger partial charge is 0.241 e. The van der Waals surface area contributed by atoms with E-state index in [1.807, 2.05) is 0 Å². The number of aliphatic hydroxyl groups is 3. The zero-order chi connectivity index (χ0) is 16.8. The van der Waals surface area contributed by atoms with Crippen molar-refractivity contribution in [2.45, 2.75) is 43.4 Å². The molecule has 2 aliphatic rings. The van der Waals surface area contributed by atoms with Crippen molar-refractivity contribution in [1.29, 1.82) is 0 Å². The van der Waals surface area contributed by atoms with Gasteiger partial charge in [0.05, 0.1) is 12.9 Å². The quantitative estimate of drug-likeness (QED) is 0.274. The van der Waals surface area contributed by atoms with Crippen LogP contribution in [0, 0.1) is 0 Å². The van der Waals surface area contributed by atoms with E-state index in [0.29, 0.717) is 23.0 Å². The number of nitrogens with one attached hydrogen (secondary N) is 2. The maximum Gasteiger partial charge on any atom is 0.241 e. The minimum atomic E-state index is -1.22. The number of nitrogens with two attached hydrogens (primary N) is 1. The second-order valence-corrected chi connectivity index (χ2v) is 6.01. The summed E-state index contributed by atoms with van der Waals surface area (Å²) in [4.78, 5) is 12.9. The van der Waals surface area contributed by atoms with E-state index >= 15 is 0 Å². The van der Waals surface area contributed by atoms with Gasteiger partial charge in [0.25, 0.3) is 0 Å². The summed E-state index contributed by atoms with van der Waals surface area (Å²) < 4.78 is 7.03. The third kappa shape index (κ3) is 2.46. The van der Waals surface area contributed by atoms with Crippen molar-refractivity contribution < 1.29 is 20.1 Å². The predicted octanol–water partition coefficient (Wildman–Crippen LogP) is -1.70. The summed E-state index contributed by atoms with van der Waals surface area (Å²) in [6.07, 6.45) is -0.632. The van der Waals surface area contributed by atoms with Crippen LogP contribution < -0.4 is 16.6 Å². The lowest BCUT2D eigenvalue weighted by Gasteiger charge is -2.17. The maximum absolute atomic E-state index is 10.2. The van der Waals surface area contributed by atoms with Crippen molar-refractivity contribution in [3.8, 4) is 0 Å². The first-order chi connectivity index (χ1) is 11.6. The largest absolute Gasteiger partial charge is 0.394 e. The zero-order valence-corrected chi connectivity index (χ0v) is 12.7. The maximum atomic E-state index is 10.2. The third-order valence-corrected chi connectivity index (χ3v) is 4.26. The molecule has 1 saturated carbocycles. The second kappa shape index (κ2) is 5.79. The molecule has 0 bridgehead atoms. The van der Waals surface area contributed by atoms with Gasteiger partial charge < -0.3 is 25.4 Å². The van der Waals surface area contributed by atoms with Crippen molar-refractivity contribution >= 4 is 22.9 Å². The summed E-state index contributed by atoms with van der Waals surface area (Å²) in [5.41, 5.74) is 3.32. The summed E-state index contributed by atoms with van der Waals surface area (Å²) in [5, 5.41) is 32.6. The molecule has 24 heavy (non-hydrogen) atoms. The topological polar surface area (TPSA) is 164 Å². The molecule has 2 aromatic rings. The Balaban J connectivity index is 1.76. The van der Waals surface area contributed by atoms with Gasteiger partial charge in [0, 0.05) is 6.04 Å². The normalized spacial score (nSPS) is 30.0. The molecule has 1 aliphatic carbocycles. The van der Waals surface area contributed by atoms with Gasteiger partial charge in [0.2, 0.25) is 5.95 Å². The van der Waals surface area contributed by atoms with Gasteiger partial charge in [-0.2, -0.15) is 9.97 Å². The standard InChI is InChI=1S/C13H19N7O4/c14-19-13-17-10(16-5-1-2-5)7-11(18-13)20(4-15-7)12-9(23)8(22)6(3-21)24-12/h4-6,8-9,12,21-23H,1-3,14H2,(H2,16,17,18,19)/t6-,8-,9-,12-/m1/s1. The highest BCUT2D eigenvalue weighted by molar-refractivity contribution is 5.84. The number of nitrogen functional groups attached to an aromatic ring is 1. The number of anilines is 2. The minimum Gasteiger partial charge on any atom is -0.394 e. The molecule has 130 valence electrons. The van der Waals surface area contributed by atoms with Crippen LogP contribution in [0.2, 0.25) is 0 Å². The molecule has 4 atom stereocenters. The number of rotatable bonds is 5. The third-order valence-electron chi connectivity index (χ3n) is 4.26. The highest BCUT2D eigenvalue weighted by atomic mass is 16.6. The lowest BCUT2D eigenvalue weighted by Crippen LogP contribution is -2.33. The van der Waals surface area contributed by atoms with Crippen LogP contribution in [-0.4, -0.2) is 65.8 Å². The Morgan fingerprint density at radius 2 is 2.08 bits per heavy atom. The summed E-state index contributed by atoms with van der Waals surface area (Å²) >= 11 is 0. The molecule has 1 aliphatic heterocycles. The number of nitrogens with zero attached hydrogens (tertiary/aromatic N) is 4. The molecule has 0 radical (unpaired) electrons. The van der Waals surface area contributed by atoms with Crippen LogP contribution in [0.3, 0.4) is 0 Å². The number of aliphatic hydroxyl groups excluding tert-OH is 3. The monoisotopic (exact) mass is 337 g/mol. The fourth-order valence-corrected chi connectivity index (χ4v) is 2.80. The fraction of sp³-hybridized carbons (Fsp3) is 0.615. The molecule has 7 N–H and O–H groups in total. The van der Waals surface area contributed by atoms with Crippen LogP contribution in [0.4, 0.5) is 11.8 Å². The van der Waals surface area contributed by atoms with Gasteiger partial charge in [-0.25, -0.2) is 10.8 Å². The average Bonchev–Trinajstić information content (AvgIpc) is 3.23. The Labute approximate surface area is 136 Å². The van der Waals surface area contributed by atoms with Crippen LogP contribution in [0.25, 0.3) is 11.2 Å². The van der Waals surface area contributed by atoms with Crippen molar-refractivity contribution in [3.63, 3.8) is 0 Å². The zero-order valence-electron chi connectivity index (χ0n) is 12.7. The molecule has 11 nitrogen and oxygen atoms in total. The van der Waals surface area contributed by atoms with Crippen LogP contribution in [-0.2, 0) is 4.74 Å². The van der Waals surface area contributed by atoms with E-state index < -0.39 is 31.1 Å². The number of fused-ring (bicyclic) bond motifs is 1. The Hall–Kier alpha value is -2.05. The first kappa shape index (κ1) is 15.5. The number of hydrogen-bond donors (Lipinski definition) is 6. The molecule has 4 rings (SSSR count). The first-order valence-corrected chi connectivity index (χ1v) is 7.72. The lowest BCUT2D eigenvalue weighted by atomic mass is 10.1. The molecule has 0 spiro atoms. The Bertz CT molecular complexity index is 749. The fourth-order valence-electron chi connectivity index (χ4n) is 2.80. The van der Waals surface area contributed by atoms with E-state index in [0.717, 1.165) is 12.8 Å². The number of hydrazine groups is 1. The summed E-state index contributed by atoms with van der Waals surface area (Å²) in [7, 11) is 0. The molecular formula is C13H19N7O4. The molecule has 0 amide bonds. The van der Waals surface area contributed by atoms with Gasteiger partial charge in [-0.1, -0.05) is 0 Å². The van der Waals surface area contributed by atoms with Crippen LogP contribution >= 0.6 is 0 Å². The number of imidazole rings is 1. The van der Waals surface area contributed by atoms with Crippen LogP contribution in [0.1, 0.15) is 19.1 Å². The van der Waals surface area contributed by atoms with E-state index in [1.165, 1.54) is 10.9 Å². The molecule has 0 aromatic carbocycles. The Morgan fingerprint density at radius 1 is 1.29 bits per heavy atom. The number of ether oxygens (including phenoxy) is 1. The van der Waals surface area contributed by atoms with Gasteiger partial charge in [-0.3, -0.25) is 9.99 Å². The van der Waals surface area contributed by atoms with Gasteiger partial charge >= 0.3 is 0 Å². The number of aromatic nitrogens is 4. The van der Waals surface area contributed by atoms with Crippen molar-refractivity contribution in [1.82, 2.24) is 19.5 Å². The summed E-state index contributed by atoms with van der Waals surface area (Å²) in [6, 6.07) is 0.354. The highest BCUT2D eigenvalue weighted by Crippen LogP contribution is 2.33. The summed E-state index contributed by atoms with van der Waals surface area (Å²) in [6.45, 7) is -0.402. The van der Waals surface area contributed by atoms with E-state index in [2.05, 4.69) is 25.7 Å². The van der Waals surface area contributed by atoms with Crippen molar-refractivity contribution in [2.75, 3.05) is 17.3 Å². The van der Waals surface area contributed by atoms with Crippen LogP contribution in [0.5, 0.6) is 0 Å². The predicted molar refractivity (Wildman–Crippen MR) is 82.8 cm³/mol. The SMILES string of the molecule is NNc1nc(NC2CC2)c2ncn([C@@H]3O[C@H](CO)[C@@H](O)[C@H]3O)c2n1. The molecule has 11 heteroatoms. The summed E-state index contributed by atoms with van der Waals surface area (Å²) in [5.74, 6) is 6.17. The highest BCUT2D eigenvalue weighted by Gasteiger charge is 2.44. The molecule has 3 heterocycles. The Morgan fingerprint density at radius 3 is 2.71 bits per heavy atom. The number of hydrogen-bond acceptors (Lipinski definition) is 10.